The van der Waals surface area contributed by atoms with E-state index in [1.54, 1.807) is 6.07 Å². The van der Waals surface area contributed by atoms with Crippen LogP contribution in [0.4, 0.5) is 10.5 Å². The van der Waals surface area contributed by atoms with Crippen LogP contribution < -0.4 is 15.8 Å². The molecule has 24 heavy (non-hydrogen) atoms. The topological polar surface area (TPSA) is 97.8 Å². The number of hydrogen-bond donors (Lipinski definition) is 2. The number of urea groups is 1. The third-order valence-electron chi connectivity index (χ3n) is 3.73. The maximum Gasteiger partial charge on any atom is 0.314 e. The molecular formula is C17H17N3O4. The number of ether oxygens (including phenoxy) is 1. The molecule has 2 aromatic carbocycles. The Balaban J connectivity index is 1.96. The summed E-state index contributed by atoms with van der Waals surface area (Å²) in [5.41, 5.74) is 6.97. The molecule has 0 radical (unpaired) electrons. The first kappa shape index (κ1) is 15.7. The van der Waals surface area contributed by atoms with Crippen LogP contribution in [0.3, 0.4) is 0 Å². The number of primary amides is 1. The zero-order valence-electron chi connectivity index (χ0n) is 13.3. The molecule has 3 aromatic rings. The van der Waals surface area contributed by atoms with Gasteiger partial charge in [-0.15, -0.1) is 0 Å². The van der Waals surface area contributed by atoms with E-state index >= 15 is 0 Å². The molecule has 3 N–H and O–H groups in total. The van der Waals surface area contributed by atoms with Crippen LogP contribution in [-0.4, -0.2) is 37.5 Å². The monoisotopic (exact) mass is 327 g/mol. The van der Waals surface area contributed by atoms with Gasteiger partial charge in [0.1, 0.15) is 23.5 Å². The number of fused-ring (bicyclic) bond motifs is 3. The van der Waals surface area contributed by atoms with Crippen molar-refractivity contribution in [3.8, 4) is 5.75 Å². The number of hydrogen-bond acceptors (Lipinski definition) is 4. The van der Waals surface area contributed by atoms with Crippen molar-refractivity contribution in [2.45, 2.75) is 0 Å². The van der Waals surface area contributed by atoms with E-state index in [0.29, 0.717) is 17.0 Å². The van der Waals surface area contributed by atoms with Gasteiger partial charge >= 0.3 is 6.03 Å². The lowest BCUT2D eigenvalue weighted by molar-refractivity contribution is -0.116. The van der Waals surface area contributed by atoms with Crippen LogP contribution in [0.1, 0.15) is 0 Å². The van der Waals surface area contributed by atoms with Crippen LogP contribution in [0, 0.1) is 0 Å². The third kappa shape index (κ3) is 2.83. The van der Waals surface area contributed by atoms with E-state index in [1.165, 1.54) is 14.2 Å². The smallest absolute Gasteiger partial charge is 0.314 e. The number of methoxy groups -OCH3 is 1. The second kappa shape index (κ2) is 6.11. The summed E-state index contributed by atoms with van der Waals surface area (Å²) in [5.74, 6) is 0.120. The summed E-state index contributed by atoms with van der Waals surface area (Å²) in [6.45, 7) is -0.156. The highest BCUT2D eigenvalue weighted by Crippen LogP contribution is 2.36. The normalized spacial score (nSPS) is 10.8. The van der Waals surface area contributed by atoms with Crippen LogP contribution in [0.5, 0.6) is 5.75 Å². The van der Waals surface area contributed by atoms with Crippen molar-refractivity contribution in [3.05, 3.63) is 36.4 Å². The first-order valence-electron chi connectivity index (χ1n) is 7.29. The van der Waals surface area contributed by atoms with E-state index in [0.717, 1.165) is 21.3 Å². The molecule has 0 unspecified atom stereocenters. The predicted molar refractivity (Wildman–Crippen MR) is 91.1 cm³/mol. The Morgan fingerprint density at radius 1 is 1.21 bits per heavy atom. The lowest BCUT2D eigenvalue weighted by atomic mass is 10.1. The average molecular weight is 327 g/mol. The van der Waals surface area contributed by atoms with E-state index < -0.39 is 6.03 Å². The number of carbonyl (C=O) groups is 2. The first-order chi connectivity index (χ1) is 11.5. The minimum atomic E-state index is -0.676. The quantitative estimate of drug-likeness (QED) is 0.769. The Morgan fingerprint density at radius 3 is 2.67 bits per heavy atom. The SMILES string of the molecule is COc1cc2c(cc1NC(=O)CN(C)C(N)=O)oc1ccccc12. The number of likely N-dealkylation sites (N-methyl/N-ethyl adjacent to an activating group) is 1. The molecule has 3 rings (SSSR count). The number of amides is 3. The van der Waals surface area contributed by atoms with Crippen molar-refractivity contribution in [2.24, 2.45) is 5.73 Å². The molecule has 7 heteroatoms. The maximum absolute atomic E-state index is 12.1. The summed E-state index contributed by atoms with van der Waals surface area (Å²) in [7, 11) is 2.97. The van der Waals surface area contributed by atoms with Gasteiger partial charge in [0, 0.05) is 23.9 Å². The lowest BCUT2D eigenvalue weighted by Gasteiger charge is -2.15. The number of furan rings is 1. The summed E-state index contributed by atoms with van der Waals surface area (Å²) >= 11 is 0. The van der Waals surface area contributed by atoms with Crippen LogP contribution >= 0.6 is 0 Å². The van der Waals surface area contributed by atoms with Gasteiger partial charge in [0.2, 0.25) is 5.91 Å². The summed E-state index contributed by atoms with van der Waals surface area (Å²) in [6, 6.07) is 10.5. The molecular weight excluding hydrogens is 310 g/mol. The first-order valence-corrected chi connectivity index (χ1v) is 7.29. The van der Waals surface area contributed by atoms with Gasteiger partial charge in [-0.05, 0) is 12.1 Å². The fraction of sp³-hybridized carbons (Fsp3) is 0.176. The van der Waals surface area contributed by atoms with Crippen LogP contribution in [0.15, 0.2) is 40.8 Å². The lowest BCUT2D eigenvalue weighted by Crippen LogP contribution is -2.38. The van der Waals surface area contributed by atoms with Crippen molar-refractivity contribution >= 4 is 39.6 Å². The molecule has 3 amide bonds. The molecule has 1 heterocycles. The van der Waals surface area contributed by atoms with E-state index in [-0.39, 0.29) is 12.5 Å². The Hall–Kier alpha value is -3.22. The Bertz CT molecular complexity index is 932. The van der Waals surface area contributed by atoms with Crippen molar-refractivity contribution in [3.63, 3.8) is 0 Å². The largest absolute Gasteiger partial charge is 0.495 e. The van der Waals surface area contributed by atoms with Gasteiger partial charge in [-0.25, -0.2) is 4.79 Å². The van der Waals surface area contributed by atoms with Gasteiger partial charge in [0.25, 0.3) is 0 Å². The fourth-order valence-electron chi connectivity index (χ4n) is 2.50. The summed E-state index contributed by atoms with van der Waals surface area (Å²) < 4.78 is 11.2. The van der Waals surface area contributed by atoms with Crippen LogP contribution in [-0.2, 0) is 4.79 Å². The minimum Gasteiger partial charge on any atom is -0.495 e. The van der Waals surface area contributed by atoms with Gasteiger partial charge in [-0.1, -0.05) is 18.2 Å². The number of nitrogens with two attached hydrogens (primary N) is 1. The van der Waals surface area contributed by atoms with E-state index in [4.69, 9.17) is 14.9 Å². The van der Waals surface area contributed by atoms with Crippen LogP contribution in [0.2, 0.25) is 0 Å². The van der Waals surface area contributed by atoms with Gasteiger partial charge < -0.3 is 25.1 Å². The highest BCUT2D eigenvalue weighted by atomic mass is 16.5. The average Bonchev–Trinajstić information content (AvgIpc) is 2.91. The second-order valence-electron chi connectivity index (χ2n) is 5.39. The Morgan fingerprint density at radius 2 is 1.96 bits per heavy atom. The van der Waals surface area contributed by atoms with Gasteiger partial charge in [-0.3, -0.25) is 4.79 Å². The molecule has 0 aliphatic heterocycles. The third-order valence-corrected chi connectivity index (χ3v) is 3.73. The number of benzene rings is 2. The van der Waals surface area contributed by atoms with Gasteiger partial charge in [-0.2, -0.15) is 0 Å². The molecule has 0 spiro atoms. The summed E-state index contributed by atoms with van der Waals surface area (Å²) in [4.78, 5) is 24.2. The molecule has 0 aliphatic carbocycles. The van der Waals surface area contributed by atoms with Crippen molar-refractivity contribution in [2.75, 3.05) is 26.0 Å². The zero-order chi connectivity index (χ0) is 17.3. The predicted octanol–water partition coefficient (Wildman–Crippen LogP) is 2.54. The number of nitrogens with zero attached hydrogens (tertiary/aromatic N) is 1. The number of anilines is 1. The van der Waals surface area contributed by atoms with E-state index in [9.17, 15) is 9.59 Å². The second-order valence-corrected chi connectivity index (χ2v) is 5.39. The maximum atomic E-state index is 12.1. The number of para-hydroxylation sites is 1. The Kier molecular flexibility index (Phi) is 3.99. The number of nitrogens with one attached hydrogen (secondary N) is 1. The fourth-order valence-corrected chi connectivity index (χ4v) is 2.50. The van der Waals surface area contributed by atoms with Gasteiger partial charge in [0.05, 0.1) is 12.8 Å². The standard InChI is InChI=1S/C17H17N3O4/c1-20(17(18)22)9-16(21)19-12-8-14-11(7-15(12)23-2)10-5-3-4-6-13(10)24-14/h3-8H,9H2,1-2H3,(H2,18,22)(H,19,21). The van der Waals surface area contributed by atoms with Gasteiger partial charge in [0.15, 0.2) is 0 Å². The van der Waals surface area contributed by atoms with Crippen LogP contribution in [0.25, 0.3) is 21.9 Å². The minimum absolute atomic E-state index is 0.156. The number of carbonyl (C=O) groups excluding carboxylic acids is 2. The highest BCUT2D eigenvalue weighted by molar-refractivity contribution is 6.08. The molecule has 0 bridgehead atoms. The molecule has 0 fully saturated rings. The van der Waals surface area contributed by atoms with Crippen molar-refractivity contribution in [1.29, 1.82) is 0 Å². The molecule has 7 nitrogen and oxygen atoms in total. The van der Waals surface area contributed by atoms with E-state index in [2.05, 4.69) is 5.32 Å². The summed E-state index contributed by atoms with van der Waals surface area (Å²) in [5, 5.41) is 4.58. The van der Waals surface area contributed by atoms with Crippen molar-refractivity contribution < 1.29 is 18.7 Å². The van der Waals surface area contributed by atoms with E-state index in [1.807, 2.05) is 30.3 Å². The molecule has 0 saturated heterocycles. The molecule has 1 aromatic heterocycles. The molecule has 0 aliphatic rings. The molecule has 0 atom stereocenters. The highest BCUT2D eigenvalue weighted by Gasteiger charge is 2.15. The Labute approximate surface area is 137 Å². The van der Waals surface area contributed by atoms with Crippen molar-refractivity contribution in [1.82, 2.24) is 4.90 Å². The molecule has 124 valence electrons. The zero-order valence-corrected chi connectivity index (χ0v) is 13.3. The number of rotatable bonds is 4. The summed E-state index contributed by atoms with van der Waals surface area (Å²) in [6.07, 6.45) is 0. The molecule has 0 saturated carbocycles.